The van der Waals surface area contributed by atoms with Gasteiger partial charge in [0.1, 0.15) is 35.4 Å². The van der Waals surface area contributed by atoms with Gasteiger partial charge in [0.05, 0.1) is 31.3 Å². The number of non-ortho nitro benzene ring substituents is 1. The molecule has 6 rings (SSSR count). The van der Waals surface area contributed by atoms with E-state index in [1.54, 1.807) is 32.5 Å². The number of aliphatic hydroxyl groups is 1. The van der Waals surface area contributed by atoms with Crippen LogP contribution in [0.25, 0.3) is 10.9 Å². The molecule has 5 aromatic rings. The van der Waals surface area contributed by atoms with E-state index in [1.807, 2.05) is 83.4 Å². The van der Waals surface area contributed by atoms with Crippen LogP contribution in [0.1, 0.15) is 22.9 Å². The van der Waals surface area contributed by atoms with E-state index in [0.29, 0.717) is 16.9 Å². The predicted octanol–water partition coefficient (Wildman–Crippen LogP) is 5.85. The van der Waals surface area contributed by atoms with Gasteiger partial charge in [-0.1, -0.05) is 54.6 Å². The van der Waals surface area contributed by atoms with Crippen molar-refractivity contribution >= 4 is 16.6 Å². The van der Waals surface area contributed by atoms with Crippen LogP contribution in [0.4, 0.5) is 5.69 Å². The normalized spacial score (nSPS) is 19.9. The fourth-order valence-electron chi connectivity index (χ4n) is 6.10. The number of nitro groups is 1. The van der Waals surface area contributed by atoms with Crippen molar-refractivity contribution in [1.82, 2.24) is 4.57 Å². The van der Waals surface area contributed by atoms with Gasteiger partial charge in [-0.15, -0.1) is 0 Å². The average molecular weight is 611 g/mol. The van der Waals surface area contributed by atoms with Crippen molar-refractivity contribution in [2.75, 3.05) is 27.9 Å². The van der Waals surface area contributed by atoms with Crippen molar-refractivity contribution in [2.45, 2.75) is 30.1 Å². The number of aliphatic hydroxyl groups excluding tert-OH is 1. The first-order valence-electron chi connectivity index (χ1n) is 14.5. The van der Waals surface area contributed by atoms with Crippen molar-refractivity contribution < 1.29 is 33.7 Å². The summed E-state index contributed by atoms with van der Waals surface area (Å²) in [5.41, 5.74) is 2.21. The van der Waals surface area contributed by atoms with Crippen LogP contribution in [-0.4, -0.2) is 60.8 Å². The molecule has 1 aliphatic rings. The van der Waals surface area contributed by atoms with Gasteiger partial charge in [0.15, 0.2) is 6.23 Å². The summed E-state index contributed by atoms with van der Waals surface area (Å²) >= 11 is 0. The molecule has 10 heteroatoms. The molecule has 0 amide bonds. The molecule has 1 aliphatic heterocycles. The molecule has 232 valence electrons. The molecule has 0 unspecified atom stereocenters. The van der Waals surface area contributed by atoms with E-state index in [0.717, 1.165) is 22.2 Å². The molecule has 1 fully saturated rings. The molecule has 4 aromatic carbocycles. The van der Waals surface area contributed by atoms with Crippen LogP contribution in [0.15, 0.2) is 109 Å². The lowest BCUT2D eigenvalue weighted by molar-refractivity contribution is -0.384. The quantitative estimate of drug-likeness (QED) is 0.113. The van der Waals surface area contributed by atoms with Crippen LogP contribution in [0.5, 0.6) is 11.5 Å². The first-order valence-corrected chi connectivity index (χ1v) is 14.5. The standard InChI is InChI=1S/C35H34N2O8/c1-41-28-14-9-25(10-15-28)35(24-7-5-4-6-8-24,26-11-16-29(42-2)17-12-26)44-22-31-32(38)33(43-3)34(45-31)36-20-19-23-21-27(37(39)40)13-18-30(23)36/h4-21,31-34,38H,22H2,1-3H3/t31-,32-,33-,34-/m1/s1. The van der Waals surface area contributed by atoms with E-state index in [2.05, 4.69) is 0 Å². The lowest BCUT2D eigenvalue weighted by atomic mass is 9.80. The van der Waals surface area contributed by atoms with Gasteiger partial charge in [-0.25, -0.2) is 0 Å². The van der Waals surface area contributed by atoms with Gasteiger partial charge in [-0.2, -0.15) is 0 Å². The van der Waals surface area contributed by atoms with Crippen molar-refractivity contribution in [3.63, 3.8) is 0 Å². The molecule has 0 aliphatic carbocycles. The largest absolute Gasteiger partial charge is 0.497 e. The summed E-state index contributed by atoms with van der Waals surface area (Å²) in [6.07, 6.45) is -1.45. The molecule has 45 heavy (non-hydrogen) atoms. The number of methoxy groups -OCH3 is 3. The van der Waals surface area contributed by atoms with Gasteiger partial charge < -0.3 is 33.4 Å². The van der Waals surface area contributed by atoms with Crippen LogP contribution >= 0.6 is 0 Å². The zero-order chi connectivity index (χ0) is 31.6. The summed E-state index contributed by atoms with van der Waals surface area (Å²) in [5, 5.41) is 23.5. The molecule has 4 atom stereocenters. The molecular weight excluding hydrogens is 576 g/mol. The third-order valence-corrected chi connectivity index (χ3v) is 8.41. The highest BCUT2D eigenvalue weighted by atomic mass is 16.6. The Morgan fingerprint density at radius 3 is 2.00 bits per heavy atom. The maximum absolute atomic E-state index is 11.5. The molecular formula is C35H34N2O8. The maximum Gasteiger partial charge on any atom is 0.270 e. The fraction of sp³-hybridized carbons (Fsp3) is 0.257. The molecule has 1 N–H and O–H groups in total. The Balaban J connectivity index is 1.38. The Hall–Kier alpha value is -4.74. The number of aromatic nitrogens is 1. The Morgan fingerprint density at radius 2 is 1.44 bits per heavy atom. The first kappa shape index (κ1) is 30.3. The molecule has 1 saturated heterocycles. The second-order valence-electron chi connectivity index (χ2n) is 10.8. The Kier molecular flexibility index (Phi) is 8.55. The van der Waals surface area contributed by atoms with Crippen molar-refractivity contribution in [1.29, 1.82) is 0 Å². The summed E-state index contributed by atoms with van der Waals surface area (Å²) in [5.74, 6) is 1.42. The van der Waals surface area contributed by atoms with Gasteiger partial charge >= 0.3 is 0 Å². The van der Waals surface area contributed by atoms with Crippen molar-refractivity contribution in [3.8, 4) is 11.5 Å². The molecule has 0 saturated carbocycles. The van der Waals surface area contributed by atoms with Crippen LogP contribution in [0.2, 0.25) is 0 Å². The number of nitro benzene ring substituents is 1. The third kappa shape index (κ3) is 5.53. The number of rotatable bonds is 11. The summed E-state index contributed by atoms with van der Waals surface area (Å²) in [6, 6.07) is 31.7. The smallest absolute Gasteiger partial charge is 0.270 e. The average Bonchev–Trinajstić information content (AvgIpc) is 3.65. The zero-order valence-corrected chi connectivity index (χ0v) is 25.1. The molecule has 10 nitrogen and oxygen atoms in total. The maximum atomic E-state index is 11.5. The summed E-state index contributed by atoms with van der Waals surface area (Å²) in [4.78, 5) is 10.9. The lowest BCUT2D eigenvalue weighted by Gasteiger charge is -2.37. The summed E-state index contributed by atoms with van der Waals surface area (Å²) < 4.78 is 31.9. The minimum absolute atomic E-state index is 0.00323. The Morgan fingerprint density at radius 1 is 0.844 bits per heavy atom. The highest BCUT2D eigenvalue weighted by Crippen LogP contribution is 2.43. The predicted molar refractivity (Wildman–Crippen MR) is 168 cm³/mol. The minimum Gasteiger partial charge on any atom is -0.497 e. The number of hydrogen-bond donors (Lipinski definition) is 1. The van der Waals surface area contributed by atoms with Crippen LogP contribution in [0.3, 0.4) is 0 Å². The third-order valence-electron chi connectivity index (χ3n) is 8.41. The van der Waals surface area contributed by atoms with Crippen molar-refractivity contribution in [2.24, 2.45) is 0 Å². The fourth-order valence-corrected chi connectivity index (χ4v) is 6.10. The van der Waals surface area contributed by atoms with E-state index >= 15 is 0 Å². The topological polar surface area (TPSA) is 114 Å². The van der Waals surface area contributed by atoms with E-state index in [-0.39, 0.29) is 12.3 Å². The van der Waals surface area contributed by atoms with Crippen LogP contribution in [-0.2, 0) is 19.8 Å². The van der Waals surface area contributed by atoms with E-state index < -0.39 is 35.1 Å². The van der Waals surface area contributed by atoms with E-state index in [1.165, 1.54) is 19.2 Å². The van der Waals surface area contributed by atoms with Gasteiger partial charge in [-0.3, -0.25) is 10.1 Å². The Bertz CT molecular complexity index is 1710. The van der Waals surface area contributed by atoms with Crippen molar-refractivity contribution in [3.05, 3.63) is 136 Å². The second-order valence-corrected chi connectivity index (χ2v) is 10.8. The number of benzene rings is 4. The monoisotopic (exact) mass is 610 g/mol. The van der Waals surface area contributed by atoms with E-state index in [9.17, 15) is 15.2 Å². The highest BCUT2D eigenvalue weighted by Gasteiger charge is 2.47. The minimum atomic E-state index is -1.09. The van der Waals surface area contributed by atoms with Crippen LogP contribution < -0.4 is 9.47 Å². The number of fused-ring (bicyclic) bond motifs is 1. The Labute approximate surface area is 260 Å². The van der Waals surface area contributed by atoms with Crippen LogP contribution in [0, 0.1) is 10.1 Å². The second kappa shape index (κ2) is 12.7. The van der Waals surface area contributed by atoms with Gasteiger partial charge in [-0.05, 0) is 53.1 Å². The highest BCUT2D eigenvalue weighted by molar-refractivity contribution is 5.82. The molecule has 1 aromatic heterocycles. The molecule has 0 bridgehead atoms. The number of ether oxygens (including phenoxy) is 5. The molecule has 0 radical (unpaired) electrons. The first-order chi connectivity index (χ1) is 21.9. The molecule has 0 spiro atoms. The molecule has 2 heterocycles. The summed E-state index contributed by atoms with van der Waals surface area (Å²) in [7, 11) is 4.76. The SMILES string of the molecule is COc1ccc(C(OC[C@H]2O[C@@H](n3ccc4cc([N+](=O)[O-])ccc43)[C@H](OC)[C@@H]2O)(c2ccccc2)c2ccc(OC)cc2)cc1. The number of hydrogen-bond acceptors (Lipinski definition) is 8. The van der Waals surface area contributed by atoms with Gasteiger partial charge in [0.25, 0.3) is 5.69 Å². The number of nitrogens with zero attached hydrogens (tertiary/aromatic N) is 2. The summed E-state index contributed by atoms with van der Waals surface area (Å²) in [6.45, 7) is 0.00908. The van der Waals surface area contributed by atoms with Gasteiger partial charge in [0.2, 0.25) is 0 Å². The zero-order valence-electron chi connectivity index (χ0n) is 25.1. The lowest BCUT2D eigenvalue weighted by Crippen LogP contribution is -2.40. The van der Waals surface area contributed by atoms with Gasteiger partial charge in [0, 0.05) is 30.8 Å². The van der Waals surface area contributed by atoms with E-state index in [4.69, 9.17) is 23.7 Å².